The van der Waals surface area contributed by atoms with Gasteiger partial charge in [-0.15, -0.1) is 0 Å². The Labute approximate surface area is 121 Å². The van der Waals surface area contributed by atoms with Gasteiger partial charge in [-0.1, -0.05) is 40.0 Å². The minimum atomic E-state index is 0.642. The quantitative estimate of drug-likeness (QED) is 0.635. The fraction of sp³-hybridized carbons (Fsp3) is 1.00. The maximum Gasteiger partial charge on any atom is 0.00103 e. The number of nitrogens with one attached hydrogen (secondary N) is 1. The fourth-order valence-electron chi connectivity index (χ4n) is 3.06. The van der Waals surface area contributed by atoms with Crippen molar-refractivity contribution in [2.24, 2.45) is 5.92 Å². The molecule has 114 valence electrons. The van der Waals surface area contributed by atoms with E-state index in [1.54, 1.807) is 0 Å². The minimum Gasteiger partial charge on any atom is -0.315 e. The van der Waals surface area contributed by atoms with E-state index in [0.29, 0.717) is 6.04 Å². The number of nitrogens with zero attached hydrogens (tertiary/aromatic N) is 1. The van der Waals surface area contributed by atoms with Gasteiger partial charge in [-0.25, -0.2) is 0 Å². The first-order chi connectivity index (χ1) is 9.22. The summed E-state index contributed by atoms with van der Waals surface area (Å²) in [6.45, 7) is 12.0. The van der Waals surface area contributed by atoms with Crippen molar-refractivity contribution in [2.45, 2.75) is 78.2 Å². The predicted octanol–water partition coefficient (Wildman–Crippen LogP) is 4.06. The molecule has 1 heterocycles. The molecule has 2 heteroatoms. The highest BCUT2D eigenvalue weighted by atomic mass is 15.1. The number of hydrogen-bond acceptors (Lipinski definition) is 2. The van der Waals surface area contributed by atoms with Gasteiger partial charge in [0.15, 0.2) is 0 Å². The monoisotopic (exact) mass is 268 g/mol. The molecule has 1 aliphatic heterocycles. The van der Waals surface area contributed by atoms with Crippen LogP contribution >= 0.6 is 0 Å². The second-order valence-electron chi connectivity index (χ2n) is 6.57. The smallest absolute Gasteiger partial charge is 0.00103 e. The largest absolute Gasteiger partial charge is 0.315 e. The lowest BCUT2D eigenvalue weighted by molar-refractivity contribution is 0.273. The third kappa shape index (κ3) is 8.65. The maximum absolute atomic E-state index is 3.49. The molecule has 1 fully saturated rings. The molecular formula is C17H36N2. The van der Waals surface area contributed by atoms with Gasteiger partial charge >= 0.3 is 0 Å². The molecule has 0 aromatic heterocycles. The van der Waals surface area contributed by atoms with E-state index < -0.39 is 0 Å². The Morgan fingerprint density at radius 1 is 1.05 bits per heavy atom. The van der Waals surface area contributed by atoms with Gasteiger partial charge < -0.3 is 10.2 Å². The molecular weight excluding hydrogens is 232 g/mol. The minimum absolute atomic E-state index is 0.642. The van der Waals surface area contributed by atoms with Crippen LogP contribution in [0.2, 0.25) is 0 Å². The predicted molar refractivity (Wildman–Crippen MR) is 85.7 cm³/mol. The van der Waals surface area contributed by atoms with Crippen LogP contribution in [-0.4, -0.2) is 37.1 Å². The van der Waals surface area contributed by atoms with Crippen LogP contribution in [0.3, 0.4) is 0 Å². The normalized spacial score (nSPS) is 21.8. The molecule has 1 unspecified atom stereocenters. The van der Waals surface area contributed by atoms with Gasteiger partial charge in [-0.3, -0.25) is 0 Å². The van der Waals surface area contributed by atoms with Crippen LogP contribution in [0.4, 0.5) is 0 Å². The molecule has 1 rings (SSSR count). The van der Waals surface area contributed by atoms with Gasteiger partial charge in [0.25, 0.3) is 0 Å². The van der Waals surface area contributed by atoms with Crippen molar-refractivity contribution >= 4 is 0 Å². The first-order valence-corrected chi connectivity index (χ1v) is 8.68. The van der Waals surface area contributed by atoms with Crippen LogP contribution in [-0.2, 0) is 0 Å². The summed E-state index contributed by atoms with van der Waals surface area (Å²) in [4.78, 5) is 2.71. The molecule has 1 atom stereocenters. The molecule has 1 saturated heterocycles. The molecule has 19 heavy (non-hydrogen) atoms. The molecule has 0 radical (unpaired) electrons. The Morgan fingerprint density at radius 3 is 2.58 bits per heavy atom. The average molecular weight is 268 g/mol. The zero-order chi connectivity index (χ0) is 13.9. The van der Waals surface area contributed by atoms with Gasteiger partial charge in [0.2, 0.25) is 0 Å². The van der Waals surface area contributed by atoms with Crippen LogP contribution in [0.15, 0.2) is 0 Å². The summed E-state index contributed by atoms with van der Waals surface area (Å²) in [6.07, 6.45) is 11.3. The lowest BCUT2D eigenvalue weighted by atomic mass is 9.98. The highest BCUT2D eigenvalue weighted by Crippen LogP contribution is 2.20. The highest BCUT2D eigenvalue weighted by molar-refractivity contribution is 4.69. The molecule has 0 aromatic rings. The summed E-state index contributed by atoms with van der Waals surface area (Å²) in [6, 6.07) is 0.642. The summed E-state index contributed by atoms with van der Waals surface area (Å²) in [5, 5.41) is 3.49. The lowest BCUT2D eigenvalue weighted by Crippen LogP contribution is -2.26. The second kappa shape index (κ2) is 10.7. The molecule has 2 nitrogen and oxygen atoms in total. The van der Waals surface area contributed by atoms with Gasteiger partial charge in [-0.05, 0) is 64.2 Å². The zero-order valence-electron chi connectivity index (χ0n) is 13.6. The van der Waals surface area contributed by atoms with Crippen molar-refractivity contribution in [2.75, 3.05) is 26.2 Å². The standard InChI is InChI=1S/C17H36N2/c1-4-17-10-9-14-19(15-11-17)13-8-6-5-7-12-18-16(2)3/h16-18H,4-15H2,1-3H3. The van der Waals surface area contributed by atoms with Crippen molar-refractivity contribution in [1.82, 2.24) is 10.2 Å². The Balaban J connectivity index is 1.94. The second-order valence-corrected chi connectivity index (χ2v) is 6.57. The summed E-state index contributed by atoms with van der Waals surface area (Å²) in [7, 11) is 0. The number of likely N-dealkylation sites (tertiary alicyclic amines) is 1. The summed E-state index contributed by atoms with van der Waals surface area (Å²) in [5.41, 5.74) is 0. The molecule has 0 aliphatic carbocycles. The summed E-state index contributed by atoms with van der Waals surface area (Å²) >= 11 is 0. The van der Waals surface area contributed by atoms with Crippen molar-refractivity contribution in [3.63, 3.8) is 0 Å². The van der Waals surface area contributed by atoms with E-state index in [1.807, 2.05) is 0 Å². The third-order valence-electron chi connectivity index (χ3n) is 4.47. The zero-order valence-corrected chi connectivity index (χ0v) is 13.6. The van der Waals surface area contributed by atoms with Gasteiger partial charge in [-0.2, -0.15) is 0 Å². The van der Waals surface area contributed by atoms with Crippen molar-refractivity contribution in [3.8, 4) is 0 Å². The third-order valence-corrected chi connectivity index (χ3v) is 4.47. The Bertz CT molecular complexity index is 203. The van der Waals surface area contributed by atoms with Crippen molar-refractivity contribution < 1.29 is 0 Å². The van der Waals surface area contributed by atoms with E-state index in [0.717, 1.165) is 5.92 Å². The van der Waals surface area contributed by atoms with E-state index in [9.17, 15) is 0 Å². The molecule has 0 amide bonds. The maximum atomic E-state index is 3.49. The molecule has 1 N–H and O–H groups in total. The Hall–Kier alpha value is -0.0800. The molecule has 0 saturated carbocycles. The van der Waals surface area contributed by atoms with Crippen LogP contribution < -0.4 is 5.32 Å². The van der Waals surface area contributed by atoms with Crippen LogP contribution in [0, 0.1) is 5.92 Å². The molecule has 0 bridgehead atoms. The first kappa shape index (κ1) is 17.0. The van der Waals surface area contributed by atoms with E-state index in [-0.39, 0.29) is 0 Å². The van der Waals surface area contributed by atoms with Gasteiger partial charge in [0.05, 0.1) is 0 Å². The van der Waals surface area contributed by atoms with E-state index in [4.69, 9.17) is 0 Å². The SMILES string of the molecule is CCC1CCCN(CCCCCCNC(C)C)CC1. The topological polar surface area (TPSA) is 15.3 Å². The average Bonchev–Trinajstić information content (AvgIpc) is 2.62. The van der Waals surface area contributed by atoms with Crippen molar-refractivity contribution in [3.05, 3.63) is 0 Å². The Kier molecular flexibility index (Phi) is 9.54. The Morgan fingerprint density at radius 2 is 1.84 bits per heavy atom. The molecule has 1 aliphatic rings. The van der Waals surface area contributed by atoms with E-state index >= 15 is 0 Å². The summed E-state index contributed by atoms with van der Waals surface area (Å²) < 4.78 is 0. The van der Waals surface area contributed by atoms with Crippen LogP contribution in [0.25, 0.3) is 0 Å². The van der Waals surface area contributed by atoms with Crippen LogP contribution in [0.5, 0.6) is 0 Å². The van der Waals surface area contributed by atoms with E-state index in [2.05, 4.69) is 31.0 Å². The highest BCUT2D eigenvalue weighted by Gasteiger charge is 2.14. The fourth-order valence-corrected chi connectivity index (χ4v) is 3.06. The number of hydrogen-bond donors (Lipinski definition) is 1. The molecule has 0 aromatic carbocycles. The van der Waals surface area contributed by atoms with Gasteiger partial charge in [0, 0.05) is 6.04 Å². The summed E-state index contributed by atoms with van der Waals surface area (Å²) in [5.74, 6) is 1.01. The first-order valence-electron chi connectivity index (χ1n) is 8.68. The van der Waals surface area contributed by atoms with Crippen LogP contribution in [0.1, 0.15) is 72.1 Å². The lowest BCUT2D eigenvalue weighted by Gasteiger charge is -2.19. The van der Waals surface area contributed by atoms with Gasteiger partial charge in [0.1, 0.15) is 0 Å². The van der Waals surface area contributed by atoms with Crippen molar-refractivity contribution in [1.29, 1.82) is 0 Å². The molecule has 0 spiro atoms. The number of rotatable bonds is 9. The number of unbranched alkanes of at least 4 members (excludes halogenated alkanes) is 3. The van der Waals surface area contributed by atoms with E-state index in [1.165, 1.54) is 77.5 Å².